The van der Waals surface area contributed by atoms with Gasteiger partial charge in [-0.1, -0.05) is 29.3 Å². The molecule has 0 aliphatic carbocycles. The van der Waals surface area contributed by atoms with E-state index in [1.165, 1.54) is 23.8 Å². The van der Waals surface area contributed by atoms with Crippen LogP contribution in [0.1, 0.15) is 16.8 Å². The third-order valence-corrected chi connectivity index (χ3v) is 7.37. The van der Waals surface area contributed by atoms with Crippen molar-refractivity contribution in [3.05, 3.63) is 82.8 Å². The van der Waals surface area contributed by atoms with Crippen molar-refractivity contribution in [3.63, 3.8) is 0 Å². The van der Waals surface area contributed by atoms with Crippen LogP contribution in [-0.2, 0) is 9.84 Å². The fourth-order valence-corrected chi connectivity index (χ4v) is 5.39. The first kappa shape index (κ1) is 21.2. The fourth-order valence-electron chi connectivity index (χ4n) is 3.59. The van der Waals surface area contributed by atoms with Gasteiger partial charge in [0.25, 0.3) is 0 Å². The maximum atomic E-state index is 12.2. The van der Waals surface area contributed by atoms with Crippen LogP contribution in [0.5, 0.6) is 0 Å². The molecule has 2 heterocycles. The minimum atomic E-state index is -3.27. The molecule has 5 nitrogen and oxygen atoms in total. The highest BCUT2D eigenvalue weighted by Gasteiger charge is 2.21. The molecule has 2 aromatic carbocycles. The van der Waals surface area contributed by atoms with Crippen LogP contribution in [0.4, 0.5) is 0 Å². The Morgan fingerprint density at radius 1 is 0.935 bits per heavy atom. The second-order valence-electron chi connectivity index (χ2n) is 7.70. The van der Waals surface area contributed by atoms with E-state index >= 15 is 0 Å². The predicted octanol–water partition coefficient (Wildman–Crippen LogP) is 5.11. The lowest BCUT2D eigenvalue weighted by atomic mass is 10.0. The summed E-state index contributed by atoms with van der Waals surface area (Å²) < 4.78 is 24.5. The van der Waals surface area contributed by atoms with E-state index in [2.05, 4.69) is 18.2 Å². The average molecular weight is 451 g/mol. The lowest BCUT2D eigenvalue weighted by Crippen LogP contribution is -2.29. The van der Waals surface area contributed by atoms with Crippen LogP contribution >= 0.6 is 11.3 Å². The van der Waals surface area contributed by atoms with Crippen LogP contribution in [0.25, 0.3) is 32.3 Å². The van der Waals surface area contributed by atoms with Crippen molar-refractivity contribution < 1.29 is 13.1 Å². The molecular weight excluding hydrogens is 428 g/mol. The molecule has 0 saturated carbocycles. The Balaban J connectivity index is 1.93. The van der Waals surface area contributed by atoms with Crippen molar-refractivity contribution in [2.75, 3.05) is 6.26 Å². The summed E-state index contributed by atoms with van der Waals surface area (Å²) >= 11 is 1.50. The van der Waals surface area contributed by atoms with Crippen molar-refractivity contribution >= 4 is 21.2 Å². The fraction of sp³-hybridized carbons (Fsp3) is 0.167. The number of sulfone groups is 1. The van der Waals surface area contributed by atoms with Gasteiger partial charge in [-0.3, -0.25) is 0 Å². The molecule has 0 bridgehead atoms. The average Bonchev–Trinajstić information content (AvgIpc) is 3.14. The maximum Gasteiger partial charge on any atom is 0.198 e. The third-order valence-electron chi connectivity index (χ3n) is 5.10. The molecule has 0 unspecified atom stereocenters. The molecule has 0 N–H and O–H groups in total. The molecule has 158 valence electrons. The van der Waals surface area contributed by atoms with Gasteiger partial charge in [0.15, 0.2) is 21.7 Å². The molecule has 0 atom stereocenters. The second-order valence-corrected chi connectivity index (χ2v) is 10.7. The molecule has 31 heavy (non-hydrogen) atoms. The summed E-state index contributed by atoms with van der Waals surface area (Å²) in [6.45, 7) is 5.90. The van der Waals surface area contributed by atoms with Gasteiger partial charge in [0.1, 0.15) is 5.01 Å². The normalized spacial score (nSPS) is 11.6. The number of rotatable bonds is 4. The number of aryl methyl sites for hydroxylation is 2. The zero-order valence-corrected chi connectivity index (χ0v) is 19.3. The summed E-state index contributed by atoms with van der Waals surface area (Å²) in [5.41, 5.74) is 6.35. The smallest absolute Gasteiger partial charge is 0.198 e. The van der Waals surface area contributed by atoms with E-state index in [4.69, 9.17) is 4.98 Å². The number of hydrogen-bond acceptors (Lipinski definition) is 5. The molecule has 4 aromatic rings. The molecule has 4 rings (SSSR count). The van der Waals surface area contributed by atoms with Gasteiger partial charge in [-0.2, -0.15) is 4.73 Å². The summed E-state index contributed by atoms with van der Waals surface area (Å²) in [5.74, 6) is 0. The summed E-state index contributed by atoms with van der Waals surface area (Å²) in [4.78, 5) is 6.11. The Labute approximate surface area is 186 Å². The van der Waals surface area contributed by atoms with Crippen LogP contribution in [0.3, 0.4) is 0 Å². The molecule has 2 aromatic heterocycles. The zero-order valence-electron chi connectivity index (χ0n) is 17.7. The van der Waals surface area contributed by atoms with E-state index in [1.807, 2.05) is 19.9 Å². The van der Waals surface area contributed by atoms with E-state index in [-0.39, 0.29) is 4.90 Å². The van der Waals surface area contributed by atoms with Gasteiger partial charge in [-0.25, -0.2) is 13.4 Å². The Morgan fingerprint density at radius 3 is 2.19 bits per heavy atom. The number of pyridine rings is 1. The number of aromatic nitrogens is 2. The minimum absolute atomic E-state index is 0.272. The van der Waals surface area contributed by atoms with E-state index in [1.54, 1.807) is 37.3 Å². The van der Waals surface area contributed by atoms with Crippen LogP contribution in [0.2, 0.25) is 0 Å². The number of thiazole rings is 1. The molecule has 0 saturated heterocycles. The standard InChI is InChI=1S/C24H22N2O3S2/c1-15-12-16(2)14-19(13-15)22-23(21-6-5-11-26(27)17(21)3)30-24(25-22)18-7-9-20(10-8-18)31(4,28)29/h5-14H,1-4H3. The molecule has 0 radical (unpaired) electrons. The largest absolute Gasteiger partial charge is 0.618 e. The molecule has 0 spiro atoms. The van der Waals surface area contributed by atoms with Gasteiger partial charge < -0.3 is 5.21 Å². The highest BCUT2D eigenvalue weighted by Crippen LogP contribution is 2.41. The highest BCUT2D eigenvalue weighted by atomic mass is 32.2. The van der Waals surface area contributed by atoms with Crippen molar-refractivity contribution in [3.8, 4) is 32.3 Å². The maximum absolute atomic E-state index is 12.2. The zero-order chi connectivity index (χ0) is 22.3. The van der Waals surface area contributed by atoms with Crippen molar-refractivity contribution in [1.29, 1.82) is 0 Å². The highest BCUT2D eigenvalue weighted by molar-refractivity contribution is 7.90. The first-order valence-corrected chi connectivity index (χ1v) is 12.4. The summed E-state index contributed by atoms with van der Waals surface area (Å²) in [6, 6.07) is 16.7. The predicted molar refractivity (Wildman–Crippen MR) is 125 cm³/mol. The monoisotopic (exact) mass is 450 g/mol. The van der Waals surface area contributed by atoms with Gasteiger partial charge in [-0.15, -0.1) is 11.3 Å². The van der Waals surface area contributed by atoms with Crippen molar-refractivity contribution in [1.82, 2.24) is 4.98 Å². The quantitative estimate of drug-likeness (QED) is 0.320. The molecule has 7 heteroatoms. The van der Waals surface area contributed by atoms with Gasteiger partial charge in [-0.05, 0) is 44.2 Å². The van der Waals surface area contributed by atoms with Crippen LogP contribution in [-0.4, -0.2) is 19.7 Å². The summed E-state index contributed by atoms with van der Waals surface area (Å²) in [5, 5.41) is 13.0. The van der Waals surface area contributed by atoms with E-state index in [9.17, 15) is 13.6 Å². The minimum Gasteiger partial charge on any atom is -0.618 e. The Bertz CT molecular complexity index is 1370. The molecule has 0 aliphatic heterocycles. The molecule has 0 fully saturated rings. The first-order valence-electron chi connectivity index (χ1n) is 9.72. The lowest BCUT2D eigenvalue weighted by molar-refractivity contribution is -0.611. The lowest BCUT2D eigenvalue weighted by Gasteiger charge is -2.08. The Kier molecular flexibility index (Phi) is 5.41. The van der Waals surface area contributed by atoms with Crippen molar-refractivity contribution in [2.24, 2.45) is 0 Å². The van der Waals surface area contributed by atoms with E-state index < -0.39 is 9.84 Å². The van der Waals surface area contributed by atoms with E-state index in [0.29, 0.717) is 5.69 Å². The molecular formula is C24H22N2O3S2. The Morgan fingerprint density at radius 2 is 1.58 bits per heavy atom. The van der Waals surface area contributed by atoms with Crippen LogP contribution in [0, 0.1) is 26.0 Å². The first-order chi connectivity index (χ1) is 14.6. The number of nitrogens with zero attached hydrogens (tertiary/aromatic N) is 2. The van der Waals surface area contributed by atoms with Gasteiger partial charge in [0, 0.05) is 30.4 Å². The molecule has 0 amide bonds. The second kappa shape index (κ2) is 7.90. The summed E-state index contributed by atoms with van der Waals surface area (Å²) in [7, 11) is -3.27. The van der Waals surface area contributed by atoms with Gasteiger partial charge >= 0.3 is 0 Å². The van der Waals surface area contributed by atoms with Gasteiger partial charge in [0.05, 0.1) is 21.0 Å². The Hall–Kier alpha value is -3.03. The summed E-state index contributed by atoms with van der Waals surface area (Å²) in [6.07, 6.45) is 2.68. The number of benzene rings is 2. The molecule has 0 aliphatic rings. The number of hydrogen-bond donors (Lipinski definition) is 0. The SMILES string of the molecule is Cc1cc(C)cc(-c2nc(-c3ccc(S(C)(=O)=O)cc3)sc2-c2ccc[n+]([O-])c2C)c1. The van der Waals surface area contributed by atoms with Crippen molar-refractivity contribution in [2.45, 2.75) is 25.7 Å². The third kappa shape index (κ3) is 4.24. The van der Waals surface area contributed by atoms with Crippen LogP contribution in [0.15, 0.2) is 65.7 Å². The van der Waals surface area contributed by atoms with Gasteiger partial charge in [0.2, 0.25) is 0 Å². The van der Waals surface area contributed by atoms with Crippen LogP contribution < -0.4 is 4.73 Å². The topological polar surface area (TPSA) is 74.0 Å². The van der Waals surface area contributed by atoms with E-state index in [0.717, 1.165) is 48.1 Å².